The Morgan fingerprint density at radius 2 is 1.51 bits per heavy atom. The van der Waals surface area contributed by atoms with E-state index in [1.54, 1.807) is 37.3 Å². The molecule has 0 spiro atoms. The molecule has 2 rings (SSSR count). The summed E-state index contributed by atoms with van der Waals surface area (Å²) in [7, 11) is 0. The van der Waals surface area contributed by atoms with Crippen molar-refractivity contribution in [2.24, 2.45) is 10.2 Å². The molecule has 11 nitrogen and oxygen atoms in total. The summed E-state index contributed by atoms with van der Waals surface area (Å²) in [5, 5.41) is 10.3. The molecule has 0 heterocycles. The minimum Gasteiger partial charge on any atom is -0.462 e. The highest BCUT2D eigenvalue weighted by molar-refractivity contribution is 6.31. The molecule has 198 valence electrons. The number of anilines is 2. The van der Waals surface area contributed by atoms with Crippen LogP contribution in [0, 0.1) is 0 Å². The number of alkyl halides is 1. The van der Waals surface area contributed by atoms with Crippen molar-refractivity contribution < 1.29 is 33.4 Å². The van der Waals surface area contributed by atoms with Gasteiger partial charge in [-0.15, -0.1) is 16.7 Å². The minimum atomic E-state index is -2.70. The molecular formula is C24H26Cl2N4O7. The Hall–Kier alpha value is -3.70. The fraction of sp³-hybridized carbons (Fsp3) is 0.333. The van der Waals surface area contributed by atoms with Gasteiger partial charge in [-0.2, -0.15) is 5.11 Å². The van der Waals surface area contributed by atoms with E-state index in [1.165, 1.54) is 36.9 Å². The Kier molecular flexibility index (Phi) is 11.3. The van der Waals surface area contributed by atoms with Crippen LogP contribution >= 0.6 is 23.2 Å². The third-order valence-corrected chi connectivity index (χ3v) is 5.01. The first-order valence-corrected chi connectivity index (χ1v) is 12.1. The molecule has 0 aliphatic carbocycles. The number of amides is 2. The van der Waals surface area contributed by atoms with Gasteiger partial charge in [-0.1, -0.05) is 29.8 Å². The maximum Gasteiger partial charge on any atom is 0.419 e. The van der Waals surface area contributed by atoms with Crippen LogP contribution in [0.1, 0.15) is 20.8 Å². The molecule has 13 heteroatoms. The van der Waals surface area contributed by atoms with Crippen LogP contribution in [-0.2, 0) is 28.6 Å². The molecule has 0 unspecified atom stereocenters. The topological polar surface area (TPSA) is 136 Å². The number of nitrogens with one attached hydrogen (secondary N) is 1. The van der Waals surface area contributed by atoms with E-state index in [-0.39, 0.29) is 36.2 Å². The lowest BCUT2D eigenvalue weighted by Crippen LogP contribution is -2.60. The standard InChI is InChI=1S/C24H26Cl2N4O7/c1-4-35-21(32)24(22(33)36-5-2,27-20(31)15-25)29-28-18-13-12-16(26)14-19(18)30(23(34)37-6-3)17-10-8-7-9-11-17/h7-14H,4-6,15H2,1-3H3,(H,27,31). The Balaban J connectivity index is 2.74. The number of halogens is 2. The van der Waals surface area contributed by atoms with Gasteiger partial charge in [-0.25, -0.2) is 19.3 Å². The van der Waals surface area contributed by atoms with Crippen molar-refractivity contribution in [3.8, 4) is 0 Å². The number of para-hydroxylation sites is 1. The van der Waals surface area contributed by atoms with Crippen molar-refractivity contribution in [2.75, 3.05) is 30.6 Å². The molecular weight excluding hydrogens is 527 g/mol. The molecule has 0 aromatic heterocycles. The molecule has 0 bridgehead atoms. The van der Waals surface area contributed by atoms with Crippen LogP contribution < -0.4 is 10.2 Å². The molecule has 0 fully saturated rings. The first-order valence-electron chi connectivity index (χ1n) is 11.2. The van der Waals surface area contributed by atoms with E-state index in [1.807, 2.05) is 0 Å². The van der Waals surface area contributed by atoms with Gasteiger partial charge in [0, 0.05) is 5.02 Å². The first-order chi connectivity index (χ1) is 17.7. The molecule has 0 aliphatic rings. The van der Waals surface area contributed by atoms with Crippen molar-refractivity contribution in [1.82, 2.24) is 5.32 Å². The normalized spacial score (nSPS) is 11.1. The highest BCUT2D eigenvalue weighted by Gasteiger charge is 2.52. The van der Waals surface area contributed by atoms with Crippen molar-refractivity contribution in [3.63, 3.8) is 0 Å². The lowest BCUT2D eigenvalue weighted by Gasteiger charge is -2.26. The van der Waals surface area contributed by atoms with E-state index in [4.69, 9.17) is 37.4 Å². The molecule has 0 radical (unpaired) electrons. The van der Waals surface area contributed by atoms with Gasteiger partial charge in [0.1, 0.15) is 11.6 Å². The molecule has 1 N–H and O–H groups in total. The second-order valence-electron chi connectivity index (χ2n) is 7.04. The van der Waals surface area contributed by atoms with E-state index in [0.717, 1.165) is 0 Å². The van der Waals surface area contributed by atoms with Gasteiger partial charge in [0.2, 0.25) is 5.91 Å². The van der Waals surface area contributed by atoms with Crippen LogP contribution in [0.5, 0.6) is 0 Å². The predicted octanol–water partition coefficient (Wildman–Crippen LogP) is 4.90. The second-order valence-corrected chi connectivity index (χ2v) is 7.74. The van der Waals surface area contributed by atoms with Gasteiger partial charge in [0.15, 0.2) is 0 Å². The molecule has 0 saturated carbocycles. The smallest absolute Gasteiger partial charge is 0.419 e. The first kappa shape index (κ1) is 29.5. The van der Waals surface area contributed by atoms with Crippen LogP contribution in [0.15, 0.2) is 58.8 Å². The number of azo groups is 1. The molecule has 2 amide bonds. The lowest BCUT2D eigenvalue weighted by atomic mass is 10.1. The van der Waals surface area contributed by atoms with Crippen LogP contribution in [0.3, 0.4) is 0 Å². The Bertz CT molecular complexity index is 1130. The van der Waals surface area contributed by atoms with Crippen molar-refractivity contribution >= 4 is 64.2 Å². The number of hydrogen-bond donors (Lipinski definition) is 1. The van der Waals surface area contributed by atoms with E-state index in [9.17, 15) is 19.2 Å². The fourth-order valence-corrected chi connectivity index (χ4v) is 3.23. The second kappa shape index (κ2) is 14.1. The van der Waals surface area contributed by atoms with Crippen LogP contribution in [0.2, 0.25) is 5.02 Å². The zero-order chi connectivity index (χ0) is 27.4. The van der Waals surface area contributed by atoms with Crippen LogP contribution in [0.4, 0.5) is 21.9 Å². The largest absolute Gasteiger partial charge is 0.462 e. The average molecular weight is 553 g/mol. The summed E-state index contributed by atoms with van der Waals surface area (Å²) in [5.74, 6) is -3.98. The number of hydrogen-bond acceptors (Lipinski definition) is 9. The number of ether oxygens (including phenoxy) is 3. The van der Waals surface area contributed by atoms with E-state index in [2.05, 4.69) is 15.5 Å². The fourth-order valence-electron chi connectivity index (χ4n) is 3.00. The van der Waals surface area contributed by atoms with Crippen molar-refractivity contribution in [3.05, 3.63) is 53.6 Å². The maximum absolute atomic E-state index is 12.9. The zero-order valence-electron chi connectivity index (χ0n) is 20.4. The van der Waals surface area contributed by atoms with Gasteiger partial charge >= 0.3 is 23.7 Å². The summed E-state index contributed by atoms with van der Waals surface area (Å²) >= 11 is 11.8. The van der Waals surface area contributed by atoms with Crippen molar-refractivity contribution in [2.45, 2.75) is 26.4 Å². The van der Waals surface area contributed by atoms with Crippen molar-refractivity contribution in [1.29, 1.82) is 0 Å². The quantitative estimate of drug-likeness (QED) is 0.138. The number of esters is 2. The Morgan fingerprint density at radius 3 is 2.05 bits per heavy atom. The summed E-state index contributed by atoms with van der Waals surface area (Å²) in [5.41, 5.74) is -2.17. The number of rotatable bonds is 11. The predicted molar refractivity (Wildman–Crippen MR) is 136 cm³/mol. The molecule has 2 aromatic rings. The molecule has 0 aliphatic heterocycles. The van der Waals surface area contributed by atoms with E-state index in [0.29, 0.717) is 5.69 Å². The number of nitrogens with zero attached hydrogens (tertiary/aromatic N) is 3. The molecule has 0 saturated heterocycles. The number of carbonyl (C=O) groups is 4. The summed E-state index contributed by atoms with van der Waals surface area (Å²) in [4.78, 5) is 52.1. The Labute approximate surface area is 223 Å². The van der Waals surface area contributed by atoms with Crippen LogP contribution in [-0.4, -0.2) is 55.3 Å². The third kappa shape index (κ3) is 7.40. The van der Waals surface area contributed by atoms with Crippen LogP contribution in [0.25, 0.3) is 0 Å². The monoisotopic (exact) mass is 552 g/mol. The zero-order valence-corrected chi connectivity index (χ0v) is 21.9. The van der Waals surface area contributed by atoms with Gasteiger partial charge in [0.05, 0.1) is 31.2 Å². The summed E-state index contributed by atoms with van der Waals surface area (Å²) in [6, 6.07) is 12.8. The summed E-state index contributed by atoms with van der Waals surface area (Å²) < 4.78 is 15.2. The van der Waals surface area contributed by atoms with E-state index >= 15 is 0 Å². The van der Waals surface area contributed by atoms with E-state index < -0.39 is 35.5 Å². The average Bonchev–Trinajstić information content (AvgIpc) is 2.88. The SMILES string of the molecule is CCOC(=O)N(c1ccccc1)c1cc(Cl)ccc1N=NC(NC(=O)CCl)(C(=O)OCC)C(=O)OCC. The summed E-state index contributed by atoms with van der Waals surface area (Å²) in [6.07, 6.45) is -0.745. The molecule has 0 atom stereocenters. The number of carbonyl (C=O) groups excluding carboxylic acids is 4. The van der Waals surface area contributed by atoms with Gasteiger partial charge in [-0.3, -0.25) is 4.79 Å². The maximum atomic E-state index is 12.9. The van der Waals surface area contributed by atoms with Gasteiger partial charge < -0.3 is 19.5 Å². The van der Waals surface area contributed by atoms with Gasteiger partial charge in [-0.05, 0) is 51.1 Å². The summed E-state index contributed by atoms with van der Waals surface area (Å²) in [6.45, 7) is 4.46. The van der Waals surface area contributed by atoms with Gasteiger partial charge in [0.25, 0.3) is 0 Å². The third-order valence-electron chi connectivity index (χ3n) is 4.53. The number of benzene rings is 2. The Morgan fingerprint density at radius 1 is 0.919 bits per heavy atom. The highest BCUT2D eigenvalue weighted by Crippen LogP contribution is 2.37. The lowest BCUT2D eigenvalue weighted by molar-refractivity contribution is -0.167. The highest BCUT2D eigenvalue weighted by atomic mass is 35.5. The minimum absolute atomic E-state index is 0.000555. The molecule has 2 aromatic carbocycles. The molecule has 37 heavy (non-hydrogen) atoms.